The van der Waals surface area contributed by atoms with Gasteiger partial charge in [-0.2, -0.15) is 8.78 Å². The molecule has 0 aliphatic heterocycles. The van der Waals surface area contributed by atoms with Crippen LogP contribution < -0.4 is 0 Å². The third kappa shape index (κ3) is 4.27. The largest absolute Gasteiger partial charge is 0.367 e. The van der Waals surface area contributed by atoms with Gasteiger partial charge in [0.2, 0.25) is 0 Å². The van der Waals surface area contributed by atoms with E-state index in [1.165, 1.54) is 12.1 Å². The lowest BCUT2D eigenvalue weighted by molar-refractivity contribution is -0.163. The third-order valence-electron chi connectivity index (χ3n) is 2.27. The summed E-state index contributed by atoms with van der Waals surface area (Å²) in [4.78, 5) is 11.5. The minimum Gasteiger partial charge on any atom is -0.367 e. The summed E-state index contributed by atoms with van der Waals surface area (Å²) in [6, 6.07) is 3.71. The number of benzene rings is 1. The Hall–Kier alpha value is -1.50. The van der Waals surface area contributed by atoms with Gasteiger partial charge in [0.25, 0.3) is 0 Å². The van der Waals surface area contributed by atoms with Crippen LogP contribution in [0.3, 0.4) is 0 Å². The molecule has 1 aromatic rings. The summed E-state index contributed by atoms with van der Waals surface area (Å²) in [5.74, 6) is -6.03. The Morgan fingerprint density at radius 1 is 1.37 bits per heavy atom. The van der Waals surface area contributed by atoms with Gasteiger partial charge >= 0.3 is 12.3 Å². The van der Waals surface area contributed by atoms with Crippen LogP contribution in [-0.4, -0.2) is 31.3 Å². The van der Waals surface area contributed by atoms with Crippen LogP contribution in [-0.2, 0) is 4.74 Å². The number of alkyl halides is 4. The summed E-state index contributed by atoms with van der Waals surface area (Å²) in [5, 5.41) is 0. The quantitative estimate of drug-likeness (QED) is 0.591. The summed E-state index contributed by atoms with van der Waals surface area (Å²) < 4.78 is 66.1. The monoisotopic (exact) mass is 282 g/mol. The van der Waals surface area contributed by atoms with Crippen molar-refractivity contribution in [2.24, 2.45) is 0 Å². The first-order valence-electron chi connectivity index (χ1n) is 5.27. The zero-order valence-electron chi connectivity index (χ0n) is 9.93. The zero-order chi connectivity index (χ0) is 14.6. The van der Waals surface area contributed by atoms with Crippen LogP contribution in [0.2, 0.25) is 0 Å². The van der Waals surface area contributed by atoms with Gasteiger partial charge in [-0.15, -0.1) is 0 Å². The molecule has 0 fully saturated rings. The van der Waals surface area contributed by atoms with Crippen LogP contribution in [0.15, 0.2) is 18.2 Å². The van der Waals surface area contributed by atoms with E-state index in [2.05, 4.69) is 4.74 Å². The second-order valence-corrected chi connectivity index (χ2v) is 3.96. The van der Waals surface area contributed by atoms with E-state index in [0.29, 0.717) is 5.56 Å². The van der Waals surface area contributed by atoms with E-state index >= 15 is 0 Å². The van der Waals surface area contributed by atoms with E-state index in [1.807, 2.05) is 0 Å². The van der Waals surface area contributed by atoms with Gasteiger partial charge in [-0.25, -0.2) is 13.2 Å². The van der Waals surface area contributed by atoms with E-state index in [1.54, 1.807) is 6.92 Å². The van der Waals surface area contributed by atoms with Crippen LogP contribution in [0.25, 0.3) is 0 Å². The topological polar surface area (TPSA) is 26.3 Å². The lowest BCUT2D eigenvalue weighted by Crippen LogP contribution is -2.33. The SMILES string of the molecule is Cc1ccc(F)c(C(=O)COCC(F)(F)C(F)F)c1. The van der Waals surface area contributed by atoms with Gasteiger partial charge in [-0.1, -0.05) is 11.6 Å². The molecule has 0 unspecified atom stereocenters. The molecule has 19 heavy (non-hydrogen) atoms. The highest BCUT2D eigenvalue weighted by Crippen LogP contribution is 2.23. The Morgan fingerprint density at radius 3 is 2.58 bits per heavy atom. The number of rotatable bonds is 6. The minimum atomic E-state index is -4.33. The summed E-state index contributed by atoms with van der Waals surface area (Å²) in [7, 11) is 0. The van der Waals surface area contributed by atoms with Crippen LogP contribution in [0, 0.1) is 12.7 Å². The van der Waals surface area contributed by atoms with Crippen molar-refractivity contribution >= 4 is 5.78 Å². The van der Waals surface area contributed by atoms with Crippen molar-refractivity contribution in [3.05, 3.63) is 35.1 Å². The van der Waals surface area contributed by atoms with E-state index in [0.717, 1.165) is 6.07 Å². The summed E-state index contributed by atoms with van der Waals surface area (Å²) in [5.41, 5.74) is 0.281. The Bertz CT molecular complexity index is 459. The summed E-state index contributed by atoms with van der Waals surface area (Å²) >= 11 is 0. The Labute approximate surface area is 106 Å². The number of hydrogen-bond donors (Lipinski definition) is 0. The first-order chi connectivity index (χ1) is 8.74. The lowest BCUT2D eigenvalue weighted by atomic mass is 10.1. The Balaban J connectivity index is 2.59. The highest BCUT2D eigenvalue weighted by Gasteiger charge is 2.41. The maximum Gasteiger partial charge on any atom is 0.330 e. The number of ketones is 1. The Morgan fingerprint density at radius 2 is 2.00 bits per heavy atom. The van der Waals surface area contributed by atoms with Crippen LogP contribution in [0.1, 0.15) is 15.9 Å². The van der Waals surface area contributed by atoms with Crippen molar-refractivity contribution in [3.63, 3.8) is 0 Å². The average molecular weight is 282 g/mol. The van der Waals surface area contributed by atoms with Gasteiger partial charge in [0.05, 0.1) is 5.56 Å². The van der Waals surface area contributed by atoms with Crippen LogP contribution in [0.4, 0.5) is 22.0 Å². The maximum atomic E-state index is 13.3. The molecule has 1 aromatic carbocycles. The van der Waals surface area contributed by atoms with Gasteiger partial charge in [0.1, 0.15) is 19.0 Å². The molecule has 0 atom stereocenters. The molecular weight excluding hydrogens is 271 g/mol. The first kappa shape index (κ1) is 15.6. The number of carbonyl (C=O) groups excluding carboxylic acids is 1. The molecule has 0 amide bonds. The first-order valence-corrected chi connectivity index (χ1v) is 5.27. The molecule has 0 radical (unpaired) electrons. The number of Topliss-reactive ketones (excluding diaryl/α,β-unsaturated/α-hetero) is 1. The van der Waals surface area contributed by atoms with E-state index < -0.39 is 37.2 Å². The number of ether oxygens (including phenoxy) is 1. The predicted molar refractivity (Wildman–Crippen MR) is 57.2 cm³/mol. The van der Waals surface area contributed by atoms with Crippen molar-refractivity contribution in [1.29, 1.82) is 0 Å². The highest BCUT2D eigenvalue weighted by molar-refractivity contribution is 5.97. The molecule has 1 rings (SSSR count). The number of aryl methyl sites for hydroxylation is 1. The van der Waals surface area contributed by atoms with E-state index in [9.17, 15) is 26.7 Å². The molecule has 0 aliphatic rings. The second kappa shape index (κ2) is 6.10. The molecule has 0 spiro atoms. The molecule has 0 aliphatic carbocycles. The predicted octanol–water partition coefficient (Wildman–Crippen LogP) is 3.23. The molecule has 0 saturated heterocycles. The summed E-state index contributed by atoms with van der Waals surface area (Å²) in [6.07, 6.45) is -3.88. The third-order valence-corrected chi connectivity index (χ3v) is 2.27. The normalized spacial score (nSPS) is 11.9. The molecule has 0 N–H and O–H groups in total. The molecular formula is C12H11F5O2. The van der Waals surface area contributed by atoms with Crippen LogP contribution in [0.5, 0.6) is 0 Å². The van der Waals surface area contributed by atoms with Crippen molar-refractivity contribution in [2.45, 2.75) is 19.3 Å². The van der Waals surface area contributed by atoms with E-state index in [4.69, 9.17) is 0 Å². The second-order valence-electron chi connectivity index (χ2n) is 3.96. The molecule has 0 bridgehead atoms. The smallest absolute Gasteiger partial charge is 0.330 e. The van der Waals surface area contributed by atoms with Gasteiger partial charge in [0.15, 0.2) is 5.78 Å². The number of halogens is 5. The fourth-order valence-corrected chi connectivity index (χ4v) is 1.27. The summed E-state index contributed by atoms with van der Waals surface area (Å²) in [6.45, 7) is -0.867. The lowest BCUT2D eigenvalue weighted by Gasteiger charge is -2.14. The Kier molecular flexibility index (Phi) is 4.99. The zero-order valence-corrected chi connectivity index (χ0v) is 9.93. The van der Waals surface area contributed by atoms with Gasteiger partial charge in [0, 0.05) is 0 Å². The van der Waals surface area contributed by atoms with Crippen molar-refractivity contribution in [2.75, 3.05) is 13.2 Å². The van der Waals surface area contributed by atoms with Crippen molar-refractivity contribution in [1.82, 2.24) is 0 Å². The number of carbonyl (C=O) groups is 1. The van der Waals surface area contributed by atoms with E-state index in [-0.39, 0.29) is 5.56 Å². The molecule has 0 saturated carbocycles. The van der Waals surface area contributed by atoms with Gasteiger partial charge < -0.3 is 4.74 Å². The van der Waals surface area contributed by atoms with Gasteiger partial charge in [-0.05, 0) is 19.1 Å². The average Bonchev–Trinajstić information content (AvgIpc) is 2.31. The molecule has 2 nitrogen and oxygen atoms in total. The minimum absolute atomic E-state index is 0.319. The fraction of sp³-hybridized carbons (Fsp3) is 0.417. The maximum absolute atomic E-state index is 13.3. The fourth-order valence-electron chi connectivity index (χ4n) is 1.27. The van der Waals surface area contributed by atoms with Crippen LogP contribution >= 0.6 is 0 Å². The number of hydrogen-bond acceptors (Lipinski definition) is 2. The molecule has 7 heteroatoms. The molecule has 0 aromatic heterocycles. The van der Waals surface area contributed by atoms with Crippen molar-refractivity contribution < 1.29 is 31.5 Å². The molecule has 106 valence electrons. The highest BCUT2D eigenvalue weighted by atomic mass is 19.3. The van der Waals surface area contributed by atoms with Crippen molar-refractivity contribution in [3.8, 4) is 0 Å². The standard InChI is InChI=1S/C12H11F5O2/c1-7-2-3-9(13)8(4-7)10(18)5-19-6-12(16,17)11(14)15/h2-4,11H,5-6H2,1H3. The van der Waals surface area contributed by atoms with Gasteiger partial charge in [-0.3, -0.25) is 4.79 Å². The molecule has 0 heterocycles.